The van der Waals surface area contributed by atoms with Gasteiger partial charge in [0, 0.05) is 6.04 Å². The minimum absolute atomic E-state index is 0.138. The van der Waals surface area contributed by atoms with E-state index in [0.717, 1.165) is 16.3 Å². The second kappa shape index (κ2) is 9.05. The fourth-order valence-electron chi connectivity index (χ4n) is 3.90. The average molecular weight is 399 g/mol. The molecule has 29 heavy (non-hydrogen) atoms. The first kappa shape index (κ1) is 20.8. The van der Waals surface area contributed by atoms with Crippen molar-refractivity contribution in [3.05, 3.63) is 48.0 Å². The topological polar surface area (TPSA) is 90.9 Å². The molecule has 1 fully saturated rings. The molecule has 4 atom stereocenters. The fourth-order valence-corrected chi connectivity index (χ4v) is 3.90. The fraction of sp³-hybridized carbons (Fsp3) is 0.409. The molecule has 2 aromatic carbocycles. The number of nitrogens with one attached hydrogen (secondary N) is 1. The number of carbonyl (C=O) groups excluding carboxylic acids is 3. The standard InChI is InChI=1S/C22H25NO6/c1-4-28-20(24)16-17(21(25)29-5-2)19(22(26)27-3)23-18(16)15-11-10-13-8-6-7-9-14(13)12-15/h6-12,16-19,23H,4-5H2,1-3H3/t16-,17+,18-,19-/m0/s1. The molecule has 1 aliphatic rings. The maximum Gasteiger partial charge on any atom is 0.323 e. The van der Waals surface area contributed by atoms with Crippen LogP contribution < -0.4 is 5.32 Å². The van der Waals surface area contributed by atoms with Gasteiger partial charge in [-0.05, 0) is 36.2 Å². The van der Waals surface area contributed by atoms with Crippen LogP contribution in [-0.2, 0) is 28.6 Å². The normalized spacial score (nSPS) is 23.6. The molecule has 0 bridgehead atoms. The zero-order chi connectivity index (χ0) is 21.0. The quantitative estimate of drug-likeness (QED) is 0.589. The van der Waals surface area contributed by atoms with Crippen LogP contribution in [0, 0.1) is 11.8 Å². The van der Waals surface area contributed by atoms with Gasteiger partial charge in [-0.25, -0.2) is 0 Å². The Balaban J connectivity index is 2.07. The summed E-state index contributed by atoms with van der Waals surface area (Å²) < 4.78 is 15.3. The van der Waals surface area contributed by atoms with Crippen LogP contribution in [0.2, 0.25) is 0 Å². The Hall–Kier alpha value is -2.93. The van der Waals surface area contributed by atoms with E-state index in [4.69, 9.17) is 14.2 Å². The minimum atomic E-state index is -1.04. The first-order valence-electron chi connectivity index (χ1n) is 9.67. The van der Waals surface area contributed by atoms with Gasteiger partial charge in [-0.2, -0.15) is 0 Å². The molecule has 3 rings (SSSR count). The Morgan fingerprint density at radius 2 is 1.48 bits per heavy atom. The third-order valence-electron chi connectivity index (χ3n) is 5.17. The Kier molecular flexibility index (Phi) is 6.49. The summed E-state index contributed by atoms with van der Waals surface area (Å²) in [7, 11) is 1.24. The zero-order valence-corrected chi connectivity index (χ0v) is 16.7. The van der Waals surface area contributed by atoms with Crippen molar-refractivity contribution in [1.82, 2.24) is 5.32 Å². The summed E-state index contributed by atoms with van der Waals surface area (Å²) >= 11 is 0. The minimum Gasteiger partial charge on any atom is -0.468 e. The van der Waals surface area contributed by atoms with E-state index in [1.165, 1.54) is 7.11 Å². The van der Waals surface area contributed by atoms with Crippen LogP contribution in [-0.4, -0.2) is 44.3 Å². The predicted octanol–water partition coefficient (Wildman–Crippen LogP) is 2.38. The molecular formula is C22H25NO6. The van der Waals surface area contributed by atoms with Crippen LogP contribution in [0.25, 0.3) is 10.8 Å². The number of hydrogen-bond donors (Lipinski definition) is 1. The Morgan fingerprint density at radius 3 is 2.10 bits per heavy atom. The first-order valence-corrected chi connectivity index (χ1v) is 9.67. The van der Waals surface area contributed by atoms with Crippen LogP contribution in [0.5, 0.6) is 0 Å². The van der Waals surface area contributed by atoms with Crippen molar-refractivity contribution in [3.8, 4) is 0 Å². The Morgan fingerprint density at radius 1 is 0.862 bits per heavy atom. The van der Waals surface area contributed by atoms with Gasteiger partial charge in [0.15, 0.2) is 0 Å². The number of fused-ring (bicyclic) bond motifs is 1. The average Bonchev–Trinajstić information content (AvgIpc) is 3.14. The summed E-state index contributed by atoms with van der Waals surface area (Å²) in [6, 6.07) is 12.0. The number of ether oxygens (including phenoxy) is 3. The van der Waals surface area contributed by atoms with Gasteiger partial charge in [0.2, 0.25) is 0 Å². The van der Waals surface area contributed by atoms with E-state index >= 15 is 0 Å². The lowest BCUT2D eigenvalue weighted by Crippen LogP contribution is -2.42. The van der Waals surface area contributed by atoms with Crippen LogP contribution in [0.1, 0.15) is 25.5 Å². The number of carbonyl (C=O) groups is 3. The first-order chi connectivity index (χ1) is 14.0. The lowest BCUT2D eigenvalue weighted by molar-refractivity contribution is -0.162. The van der Waals surface area contributed by atoms with Gasteiger partial charge < -0.3 is 14.2 Å². The SMILES string of the molecule is CCOC(=O)[C@@H]1[C@H](C(=O)OCC)[C@H](c2ccc3ccccc3c2)N[C@@H]1C(=O)OC. The molecule has 2 aromatic rings. The van der Waals surface area contributed by atoms with E-state index in [-0.39, 0.29) is 13.2 Å². The van der Waals surface area contributed by atoms with Crippen LogP contribution in [0.4, 0.5) is 0 Å². The predicted molar refractivity (Wildman–Crippen MR) is 106 cm³/mol. The van der Waals surface area contributed by atoms with Crippen molar-refractivity contribution >= 4 is 28.7 Å². The second-order valence-electron chi connectivity index (χ2n) is 6.81. The molecule has 0 spiro atoms. The van der Waals surface area contributed by atoms with Gasteiger partial charge in [-0.1, -0.05) is 36.4 Å². The molecule has 1 saturated heterocycles. The van der Waals surface area contributed by atoms with Crippen LogP contribution in [0.15, 0.2) is 42.5 Å². The number of rotatable bonds is 6. The molecule has 1 heterocycles. The molecule has 0 aliphatic carbocycles. The van der Waals surface area contributed by atoms with Crippen molar-refractivity contribution in [3.63, 3.8) is 0 Å². The van der Waals surface area contributed by atoms with Crippen LogP contribution in [0.3, 0.4) is 0 Å². The molecule has 7 heteroatoms. The molecule has 0 amide bonds. The number of benzene rings is 2. The number of esters is 3. The lowest BCUT2D eigenvalue weighted by atomic mass is 9.84. The van der Waals surface area contributed by atoms with Crippen molar-refractivity contribution < 1.29 is 28.6 Å². The monoisotopic (exact) mass is 399 g/mol. The molecule has 0 radical (unpaired) electrons. The molecule has 0 unspecified atom stereocenters. The summed E-state index contributed by atoms with van der Waals surface area (Å²) in [4.78, 5) is 38.0. The third kappa shape index (κ3) is 4.10. The smallest absolute Gasteiger partial charge is 0.323 e. The summed E-state index contributed by atoms with van der Waals surface area (Å²) in [5.74, 6) is -3.77. The van der Waals surface area contributed by atoms with Crippen molar-refractivity contribution in [1.29, 1.82) is 0 Å². The lowest BCUT2D eigenvalue weighted by Gasteiger charge is -2.22. The summed E-state index contributed by atoms with van der Waals surface area (Å²) in [5.41, 5.74) is 0.780. The van der Waals surface area contributed by atoms with Crippen LogP contribution >= 0.6 is 0 Å². The van der Waals surface area contributed by atoms with Gasteiger partial charge >= 0.3 is 17.9 Å². The highest BCUT2D eigenvalue weighted by Crippen LogP contribution is 2.40. The van der Waals surface area contributed by atoms with Gasteiger partial charge in [-0.15, -0.1) is 0 Å². The maximum absolute atomic E-state index is 12.8. The van der Waals surface area contributed by atoms with E-state index in [2.05, 4.69) is 5.32 Å². The van der Waals surface area contributed by atoms with E-state index in [0.29, 0.717) is 0 Å². The summed E-state index contributed by atoms with van der Waals surface area (Å²) in [6.45, 7) is 3.67. The van der Waals surface area contributed by atoms with Crippen molar-refractivity contribution in [2.45, 2.75) is 25.9 Å². The molecular weight excluding hydrogens is 374 g/mol. The highest BCUT2D eigenvalue weighted by atomic mass is 16.5. The largest absolute Gasteiger partial charge is 0.468 e. The van der Waals surface area contributed by atoms with Crippen molar-refractivity contribution in [2.75, 3.05) is 20.3 Å². The Bertz CT molecular complexity index is 911. The zero-order valence-electron chi connectivity index (χ0n) is 16.7. The highest BCUT2D eigenvalue weighted by Gasteiger charge is 2.55. The molecule has 0 aromatic heterocycles. The number of hydrogen-bond acceptors (Lipinski definition) is 7. The maximum atomic E-state index is 12.8. The van der Waals surface area contributed by atoms with E-state index in [1.807, 2.05) is 42.5 Å². The van der Waals surface area contributed by atoms with Crippen molar-refractivity contribution in [2.24, 2.45) is 11.8 Å². The highest BCUT2D eigenvalue weighted by molar-refractivity contribution is 5.91. The van der Waals surface area contributed by atoms with E-state index in [1.54, 1.807) is 13.8 Å². The van der Waals surface area contributed by atoms with Gasteiger partial charge in [0.1, 0.15) is 6.04 Å². The van der Waals surface area contributed by atoms with Gasteiger partial charge in [-0.3, -0.25) is 19.7 Å². The number of methoxy groups -OCH3 is 1. The molecule has 0 saturated carbocycles. The summed E-state index contributed by atoms with van der Waals surface area (Å²) in [5, 5.41) is 5.16. The van der Waals surface area contributed by atoms with E-state index < -0.39 is 41.8 Å². The molecule has 1 N–H and O–H groups in total. The van der Waals surface area contributed by atoms with Gasteiger partial charge in [0.05, 0.1) is 32.2 Å². The molecule has 7 nitrogen and oxygen atoms in total. The molecule has 154 valence electrons. The Labute approximate surface area is 169 Å². The third-order valence-corrected chi connectivity index (χ3v) is 5.17. The van der Waals surface area contributed by atoms with Gasteiger partial charge in [0.25, 0.3) is 0 Å². The van der Waals surface area contributed by atoms with E-state index in [9.17, 15) is 14.4 Å². The molecule has 1 aliphatic heterocycles. The summed E-state index contributed by atoms with van der Waals surface area (Å²) in [6.07, 6.45) is 0. The second-order valence-corrected chi connectivity index (χ2v) is 6.81.